The van der Waals surface area contributed by atoms with E-state index in [2.05, 4.69) is 113 Å². The summed E-state index contributed by atoms with van der Waals surface area (Å²) >= 11 is 3.27. The Morgan fingerprint density at radius 3 is 1.20 bits per heavy atom. The van der Waals surface area contributed by atoms with Crippen LogP contribution in [0.15, 0.2) is 52.3 Å². The Bertz CT molecular complexity index is 1250. The molecule has 0 saturated heterocycles. The predicted molar refractivity (Wildman–Crippen MR) is 174 cm³/mol. The van der Waals surface area contributed by atoms with Crippen molar-refractivity contribution in [3.8, 4) is 11.5 Å². The topological polar surface area (TPSA) is 53.4 Å². The van der Waals surface area contributed by atoms with Crippen molar-refractivity contribution >= 4 is 23.5 Å². The van der Waals surface area contributed by atoms with Crippen molar-refractivity contribution in [1.29, 1.82) is 0 Å². The fourth-order valence-corrected chi connectivity index (χ4v) is 6.28. The zero-order valence-electron chi connectivity index (χ0n) is 26.6. The van der Waals surface area contributed by atoms with Gasteiger partial charge in [-0.05, 0) is 57.1 Å². The number of hydrogen-bond donors (Lipinski definition) is 2. The summed E-state index contributed by atoms with van der Waals surface area (Å²) in [6.07, 6.45) is 0. The van der Waals surface area contributed by atoms with Crippen LogP contribution in [0.25, 0.3) is 0 Å². The Morgan fingerprint density at radius 1 is 0.550 bits per heavy atom. The second-order valence-electron chi connectivity index (χ2n) is 14.9. The molecular formula is C35H49NO2S2. The minimum atomic E-state index is -0.154. The molecule has 5 heteroatoms. The smallest absolute Gasteiger partial charge is 0.132 e. The molecule has 0 aliphatic rings. The van der Waals surface area contributed by atoms with Crippen molar-refractivity contribution in [2.45, 2.75) is 126 Å². The van der Waals surface area contributed by atoms with E-state index in [1.165, 1.54) is 11.1 Å². The van der Waals surface area contributed by atoms with Crippen LogP contribution in [0.5, 0.6) is 11.5 Å². The highest BCUT2D eigenvalue weighted by Crippen LogP contribution is 2.44. The lowest BCUT2D eigenvalue weighted by Gasteiger charge is -2.27. The Labute approximate surface area is 251 Å². The number of aromatic nitrogens is 1. The van der Waals surface area contributed by atoms with Crippen LogP contribution >= 0.6 is 23.5 Å². The normalized spacial score (nSPS) is 13.1. The van der Waals surface area contributed by atoms with Gasteiger partial charge in [0.1, 0.15) is 11.5 Å². The van der Waals surface area contributed by atoms with E-state index in [0.29, 0.717) is 23.0 Å². The van der Waals surface area contributed by atoms with Gasteiger partial charge in [0, 0.05) is 22.6 Å². The van der Waals surface area contributed by atoms with Crippen molar-refractivity contribution in [2.24, 2.45) is 0 Å². The van der Waals surface area contributed by atoms with E-state index in [-0.39, 0.29) is 21.7 Å². The van der Waals surface area contributed by atoms with E-state index in [9.17, 15) is 10.2 Å². The molecule has 0 fully saturated rings. The first-order chi connectivity index (χ1) is 18.2. The first kappa shape index (κ1) is 32.4. The van der Waals surface area contributed by atoms with Gasteiger partial charge in [0.05, 0.1) is 21.2 Å². The zero-order chi connectivity index (χ0) is 30.3. The third-order valence-corrected chi connectivity index (χ3v) is 9.24. The molecule has 2 N–H and O–H groups in total. The Balaban J connectivity index is 1.84. The number of aromatic hydroxyl groups is 2. The molecule has 0 unspecified atom stereocenters. The SMILES string of the molecule is CC(C)(C)c1cc(SCc2cccc(CSc3cc(C(C)(C)C)cc(C(C)(C)C)c3O)n2)c(O)c(C(C)(C)C)c1. The number of rotatable bonds is 6. The van der Waals surface area contributed by atoms with E-state index < -0.39 is 0 Å². The number of thioether (sulfide) groups is 2. The summed E-state index contributed by atoms with van der Waals surface area (Å²) in [5.41, 5.74) is 6.03. The highest BCUT2D eigenvalue weighted by molar-refractivity contribution is 7.98. The molecule has 40 heavy (non-hydrogen) atoms. The quantitative estimate of drug-likeness (QED) is 0.285. The summed E-state index contributed by atoms with van der Waals surface area (Å²) in [5, 5.41) is 22.3. The summed E-state index contributed by atoms with van der Waals surface area (Å²) in [6.45, 7) is 26.1. The number of phenolic OH excluding ortho intramolecular Hbond substituents is 2. The van der Waals surface area contributed by atoms with Crippen LogP contribution < -0.4 is 0 Å². The number of nitrogens with zero attached hydrogens (tertiary/aromatic N) is 1. The van der Waals surface area contributed by atoms with Crippen LogP contribution in [0.4, 0.5) is 0 Å². The predicted octanol–water partition coefficient (Wildman–Crippen LogP) is 10.3. The maximum atomic E-state index is 11.2. The lowest BCUT2D eigenvalue weighted by atomic mass is 9.80. The zero-order valence-corrected chi connectivity index (χ0v) is 28.2. The minimum absolute atomic E-state index is 0.0128. The molecule has 0 aliphatic carbocycles. The largest absolute Gasteiger partial charge is 0.506 e. The molecule has 0 bridgehead atoms. The Hall–Kier alpha value is -2.11. The van der Waals surface area contributed by atoms with Crippen LogP contribution in [0.3, 0.4) is 0 Å². The summed E-state index contributed by atoms with van der Waals surface area (Å²) in [4.78, 5) is 6.74. The van der Waals surface area contributed by atoms with Crippen molar-refractivity contribution in [3.63, 3.8) is 0 Å². The van der Waals surface area contributed by atoms with E-state index >= 15 is 0 Å². The highest BCUT2D eigenvalue weighted by atomic mass is 32.2. The third-order valence-electron chi connectivity index (χ3n) is 7.11. The summed E-state index contributed by atoms with van der Waals surface area (Å²) < 4.78 is 0. The number of pyridine rings is 1. The van der Waals surface area contributed by atoms with E-state index in [0.717, 1.165) is 32.3 Å². The molecule has 0 amide bonds. The Morgan fingerprint density at radius 2 is 0.900 bits per heavy atom. The molecule has 0 radical (unpaired) electrons. The molecule has 218 valence electrons. The van der Waals surface area contributed by atoms with Gasteiger partial charge in [-0.25, -0.2) is 0 Å². The standard InChI is InChI=1S/C35H49NO2S2/c1-32(2,3)22-16-26(34(7,8)9)30(37)28(18-22)39-20-24-14-13-15-25(36-24)21-40-29-19-23(33(4,5)6)17-27(31(29)38)35(10,11)12/h13-19,37-38H,20-21H2,1-12H3. The summed E-state index contributed by atoms with van der Waals surface area (Å²) in [6, 6.07) is 14.7. The van der Waals surface area contributed by atoms with Gasteiger partial charge in [0.2, 0.25) is 0 Å². The van der Waals surface area contributed by atoms with Gasteiger partial charge in [0.25, 0.3) is 0 Å². The molecule has 2 aromatic carbocycles. The van der Waals surface area contributed by atoms with E-state index in [4.69, 9.17) is 4.98 Å². The minimum Gasteiger partial charge on any atom is -0.506 e. The fraction of sp³-hybridized carbons (Fsp3) is 0.514. The molecule has 0 aliphatic heterocycles. The number of hydrogen-bond acceptors (Lipinski definition) is 5. The van der Waals surface area contributed by atoms with Crippen molar-refractivity contribution in [1.82, 2.24) is 4.98 Å². The second kappa shape index (κ2) is 11.6. The molecule has 0 atom stereocenters. The number of benzene rings is 2. The third kappa shape index (κ3) is 8.00. The maximum absolute atomic E-state index is 11.2. The lowest BCUT2D eigenvalue weighted by Crippen LogP contribution is -2.17. The van der Waals surface area contributed by atoms with Crippen LogP contribution in [-0.2, 0) is 33.2 Å². The molecule has 1 heterocycles. The first-order valence-corrected chi connectivity index (χ1v) is 16.1. The van der Waals surface area contributed by atoms with E-state index in [1.807, 2.05) is 12.1 Å². The van der Waals surface area contributed by atoms with Gasteiger partial charge in [-0.1, -0.05) is 101 Å². The lowest BCUT2D eigenvalue weighted by molar-refractivity contribution is 0.431. The second-order valence-corrected chi connectivity index (χ2v) is 17.0. The molecule has 3 aromatic rings. The van der Waals surface area contributed by atoms with Crippen molar-refractivity contribution < 1.29 is 10.2 Å². The van der Waals surface area contributed by atoms with Gasteiger partial charge in [-0.15, -0.1) is 23.5 Å². The Kier molecular flexibility index (Phi) is 9.43. The van der Waals surface area contributed by atoms with Gasteiger partial charge in [0.15, 0.2) is 0 Å². The van der Waals surface area contributed by atoms with Crippen LogP contribution in [0.2, 0.25) is 0 Å². The van der Waals surface area contributed by atoms with Gasteiger partial charge in [-0.2, -0.15) is 0 Å². The van der Waals surface area contributed by atoms with Crippen LogP contribution in [-0.4, -0.2) is 15.2 Å². The molecule has 0 saturated carbocycles. The van der Waals surface area contributed by atoms with Gasteiger partial charge < -0.3 is 10.2 Å². The average molecular weight is 580 g/mol. The summed E-state index contributed by atoms with van der Waals surface area (Å²) in [7, 11) is 0. The number of phenols is 2. The first-order valence-electron chi connectivity index (χ1n) is 14.1. The molecular weight excluding hydrogens is 531 g/mol. The summed E-state index contributed by atoms with van der Waals surface area (Å²) in [5.74, 6) is 2.09. The molecule has 0 spiro atoms. The van der Waals surface area contributed by atoms with Crippen molar-refractivity contribution in [3.05, 3.63) is 76.1 Å². The van der Waals surface area contributed by atoms with E-state index in [1.54, 1.807) is 23.5 Å². The van der Waals surface area contributed by atoms with Crippen LogP contribution in [0, 0.1) is 0 Å². The average Bonchev–Trinajstić information content (AvgIpc) is 2.80. The molecule has 3 rings (SSSR count). The van der Waals surface area contributed by atoms with Gasteiger partial charge >= 0.3 is 0 Å². The van der Waals surface area contributed by atoms with Gasteiger partial charge in [-0.3, -0.25) is 4.98 Å². The van der Waals surface area contributed by atoms with Crippen LogP contribution in [0.1, 0.15) is 117 Å². The monoisotopic (exact) mass is 579 g/mol. The van der Waals surface area contributed by atoms with Crippen molar-refractivity contribution in [2.75, 3.05) is 0 Å². The molecule has 1 aromatic heterocycles. The maximum Gasteiger partial charge on any atom is 0.132 e. The highest BCUT2D eigenvalue weighted by Gasteiger charge is 2.26. The molecule has 3 nitrogen and oxygen atoms in total. The fourth-order valence-electron chi connectivity index (χ4n) is 4.44.